The minimum Gasteiger partial charge on any atom is -0.494 e. The van der Waals surface area contributed by atoms with Gasteiger partial charge in [0.05, 0.1) is 16.4 Å². The molecule has 1 aliphatic heterocycles. The molecule has 1 aromatic heterocycles. The van der Waals surface area contributed by atoms with Crippen LogP contribution in [0.15, 0.2) is 56.4 Å². The Morgan fingerprint density at radius 1 is 1.04 bits per heavy atom. The van der Waals surface area contributed by atoms with Gasteiger partial charge < -0.3 is 10.1 Å². The van der Waals surface area contributed by atoms with E-state index in [0.29, 0.717) is 16.5 Å². The van der Waals surface area contributed by atoms with Crippen LogP contribution in [0.5, 0.6) is 5.88 Å². The zero-order valence-electron chi connectivity index (χ0n) is 12.2. The summed E-state index contributed by atoms with van der Waals surface area (Å²) < 4.78 is 1.80. The summed E-state index contributed by atoms with van der Waals surface area (Å²) in [5.41, 5.74) is 1.98. The average molecular weight is 446 g/mol. The molecular weight excluding hydrogens is 436 g/mol. The van der Waals surface area contributed by atoms with Gasteiger partial charge in [-0.2, -0.15) is 0 Å². The number of nitrogens with zero attached hydrogens (tertiary/aromatic N) is 1. The fraction of sp³-hybridized carbons (Fsp3) is 0. The SMILES string of the molecule is O=C1N=c2cc(Br)ccc2=C1/C=C/c1c(O)[nH]c2cc(Br)ccc12. The number of aromatic nitrogens is 1. The smallest absolute Gasteiger partial charge is 0.278 e. The van der Waals surface area contributed by atoms with Gasteiger partial charge in [0.2, 0.25) is 0 Å². The van der Waals surface area contributed by atoms with Gasteiger partial charge in [-0.3, -0.25) is 4.79 Å². The Morgan fingerprint density at radius 2 is 1.79 bits per heavy atom. The second kappa shape index (κ2) is 5.72. The second-order valence-electron chi connectivity index (χ2n) is 5.40. The number of carbonyl (C=O) groups excluding carboxylic acids is 1. The van der Waals surface area contributed by atoms with Crippen molar-refractivity contribution in [3.05, 3.63) is 67.6 Å². The number of benzene rings is 2. The van der Waals surface area contributed by atoms with Crippen molar-refractivity contribution >= 4 is 60.3 Å². The highest BCUT2D eigenvalue weighted by Gasteiger charge is 2.15. The van der Waals surface area contributed by atoms with E-state index in [-0.39, 0.29) is 11.8 Å². The molecule has 118 valence electrons. The number of rotatable bonds is 2. The molecule has 0 saturated heterocycles. The Labute approximate surface area is 153 Å². The predicted molar refractivity (Wildman–Crippen MR) is 100 cm³/mol. The van der Waals surface area contributed by atoms with E-state index in [1.165, 1.54) is 0 Å². The largest absolute Gasteiger partial charge is 0.494 e. The van der Waals surface area contributed by atoms with Gasteiger partial charge in [0.1, 0.15) is 0 Å². The fourth-order valence-corrected chi connectivity index (χ4v) is 3.49. The molecule has 2 heterocycles. The second-order valence-corrected chi connectivity index (χ2v) is 7.23. The van der Waals surface area contributed by atoms with Gasteiger partial charge >= 0.3 is 0 Å². The lowest BCUT2D eigenvalue weighted by Crippen LogP contribution is -2.22. The molecule has 4 nitrogen and oxygen atoms in total. The monoisotopic (exact) mass is 444 g/mol. The van der Waals surface area contributed by atoms with Crippen LogP contribution in [0.1, 0.15) is 5.56 Å². The van der Waals surface area contributed by atoms with E-state index in [1.54, 1.807) is 12.2 Å². The highest BCUT2D eigenvalue weighted by Crippen LogP contribution is 2.30. The predicted octanol–water partition coefficient (Wildman–Crippen LogP) is 3.42. The number of hydrogen-bond donors (Lipinski definition) is 2. The molecule has 24 heavy (non-hydrogen) atoms. The minimum absolute atomic E-state index is 0.0679. The molecule has 0 radical (unpaired) electrons. The van der Waals surface area contributed by atoms with E-state index >= 15 is 0 Å². The number of fused-ring (bicyclic) bond motifs is 2. The van der Waals surface area contributed by atoms with E-state index in [0.717, 1.165) is 25.1 Å². The summed E-state index contributed by atoms with van der Waals surface area (Å²) in [7, 11) is 0. The van der Waals surface area contributed by atoms with Crippen LogP contribution < -0.4 is 10.6 Å². The first kappa shape index (κ1) is 15.4. The topological polar surface area (TPSA) is 65.4 Å². The summed E-state index contributed by atoms with van der Waals surface area (Å²) in [4.78, 5) is 19.1. The zero-order valence-corrected chi connectivity index (χ0v) is 15.3. The highest BCUT2D eigenvalue weighted by molar-refractivity contribution is 9.10. The molecule has 6 heteroatoms. The summed E-state index contributed by atoms with van der Waals surface area (Å²) in [6.45, 7) is 0. The molecule has 0 saturated carbocycles. The normalized spacial score (nSPS) is 13.8. The van der Waals surface area contributed by atoms with Gasteiger partial charge in [-0.1, -0.05) is 44.0 Å². The van der Waals surface area contributed by atoms with Gasteiger partial charge in [-0.25, -0.2) is 4.99 Å². The van der Waals surface area contributed by atoms with E-state index in [1.807, 2.05) is 36.4 Å². The standard InChI is InChI=1S/C18H10Br2N2O2/c19-9-1-3-11-13(17(23)21-15(11)7-9)5-6-14-12-4-2-10(20)8-16(12)22-18(14)24/h1-8,21,23H/b6-5+. The minimum atomic E-state index is -0.276. The van der Waals surface area contributed by atoms with E-state index in [9.17, 15) is 9.90 Å². The lowest BCUT2D eigenvalue weighted by atomic mass is 10.1. The Balaban J connectivity index is 1.86. The number of aromatic hydroxyl groups is 1. The Hall–Kier alpha value is -2.18. The van der Waals surface area contributed by atoms with Crippen LogP contribution in [0.2, 0.25) is 0 Å². The molecule has 1 aliphatic rings. The lowest BCUT2D eigenvalue weighted by molar-refractivity contribution is -0.112. The van der Waals surface area contributed by atoms with Crippen LogP contribution in [-0.4, -0.2) is 16.0 Å². The van der Waals surface area contributed by atoms with Crippen molar-refractivity contribution in [2.45, 2.75) is 0 Å². The van der Waals surface area contributed by atoms with Crippen molar-refractivity contribution in [1.82, 2.24) is 4.98 Å². The number of H-pyrrole nitrogens is 1. The van der Waals surface area contributed by atoms with Crippen molar-refractivity contribution in [2.24, 2.45) is 4.99 Å². The van der Waals surface area contributed by atoms with Gasteiger partial charge in [0.25, 0.3) is 5.91 Å². The first-order chi connectivity index (χ1) is 11.5. The van der Waals surface area contributed by atoms with Crippen molar-refractivity contribution in [3.8, 4) is 5.88 Å². The zero-order chi connectivity index (χ0) is 16.8. The maximum Gasteiger partial charge on any atom is 0.278 e. The number of carbonyl (C=O) groups is 1. The summed E-state index contributed by atoms with van der Waals surface area (Å²) >= 11 is 6.78. The Morgan fingerprint density at radius 3 is 2.62 bits per heavy atom. The number of halogens is 2. The number of aromatic amines is 1. The van der Waals surface area contributed by atoms with Crippen molar-refractivity contribution < 1.29 is 9.90 Å². The molecule has 0 atom stereocenters. The molecule has 0 aliphatic carbocycles. The molecule has 0 fully saturated rings. The molecule has 1 amide bonds. The first-order valence-electron chi connectivity index (χ1n) is 7.14. The van der Waals surface area contributed by atoms with E-state index in [4.69, 9.17) is 0 Å². The molecular formula is C18H10Br2N2O2. The van der Waals surface area contributed by atoms with Crippen molar-refractivity contribution in [1.29, 1.82) is 0 Å². The van der Waals surface area contributed by atoms with Gasteiger partial charge in [-0.15, -0.1) is 0 Å². The third kappa shape index (κ3) is 2.52. The average Bonchev–Trinajstić information content (AvgIpc) is 3.00. The highest BCUT2D eigenvalue weighted by atomic mass is 79.9. The van der Waals surface area contributed by atoms with Gasteiger partial charge in [0, 0.05) is 25.1 Å². The maximum atomic E-state index is 12.1. The fourth-order valence-electron chi connectivity index (χ4n) is 2.78. The van der Waals surface area contributed by atoms with Crippen LogP contribution >= 0.6 is 31.9 Å². The van der Waals surface area contributed by atoms with Crippen LogP contribution in [0.3, 0.4) is 0 Å². The number of nitrogens with one attached hydrogen (secondary N) is 1. The van der Waals surface area contributed by atoms with Crippen molar-refractivity contribution in [2.75, 3.05) is 0 Å². The molecule has 4 rings (SSSR count). The van der Waals surface area contributed by atoms with Gasteiger partial charge in [0.15, 0.2) is 5.88 Å². The third-order valence-corrected chi connectivity index (χ3v) is 4.89. The van der Waals surface area contributed by atoms with Crippen LogP contribution in [0.4, 0.5) is 0 Å². The quantitative estimate of drug-likeness (QED) is 0.634. The summed E-state index contributed by atoms with van der Waals surface area (Å²) in [5.74, 6) is -0.209. The first-order valence-corrected chi connectivity index (χ1v) is 8.73. The number of hydrogen-bond acceptors (Lipinski definition) is 2. The summed E-state index contributed by atoms with van der Waals surface area (Å²) in [5, 5.41) is 12.5. The molecule has 0 spiro atoms. The molecule has 2 N–H and O–H groups in total. The third-order valence-electron chi connectivity index (χ3n) is 3.90. The van der Waals surface area contributed by atoms with Crippen LogP contribution in [0, 0.1) is 0 Å². The van der Waals surface area contributed by atoms with Crippen molar-refractivity contribution in [3.63, 3.8) is 0 Å². The summed E-state index contributed by atoms with van der Waals surface area (Å²) in [6, 6.07) is 11.3. The van der Waals surface area contributed by atoms with Crippen LogP contribution in [0.25, 0.3) is 22.6 Å². The molecule has 0 unspecified atom stereocenters. The lowest BCUT2D eigenvalue weighted by Gasteiger charge is -1.95. The Bertz CT molecular complexity index is 1160. The van der Waals surface area contributed by atoms with E-state index in [2.05, 4.69) is 41.8 Å². The number of amides is 1. The van der Waals surface area contributed by atoms with Gasteiger partial charge in [-0.05, 0) is 36.4 Å². The Kier molecular flexibility index (Phi) is 3.66. The molecule has 2 aromatic carbocycles. The summed E-state index contributed by atoms with van der Waals surface area (Å²) in [6.07, 6.45) is 3.44. The van der Waals surface area contributed by atoms with Crippen LogP contribution in [-0.2, 0) is 4.79 Å². The van der Waals surface area contributed by atoms with E-state index < -0.39 is 0 Å². The maximum absolute atomic E-state index is 12.1. The molecule has 0 bridgehead atoms. The molecule has 3 aromatic rings.